The highest BCUT2D eigenvalue weighted by molar-refractivity contribution is 14.1. The molecule has 0 aliphatic carbocycles. The van der Waals surface area contributed by atoms with E-state index < -0.39 is 5.97 Å². The van der Waals surface area contributed by atoms with Gasteiger partial charge in [-0.25, -0.2) is 4.79 Å². The van der Waals surface area contributed by atoms with E-state index in [9.17, 15) is 14.7 Å². The number of hydrogen-bond donors (Lipinski definition) is 3. The van der Waals surface area contributed by atoms with Crippen LogP contribution in [0.25, 0.3) is 0 Å². The van der Waals surface area contributed by atoms with Crippen molar-refractivity contribution in [2.75, 3.05) is 0 Å². The van der Waals surface area contributed by atoms with Crippen molar-refractivity contribution in [2.45, 2.75) is 6.54 Å². The van der Waals surface area contributed by atoms with Crippen LogP contribution in [0.15, 0.2) is 42.5 Å². The first-order chi connectivity index (χ1) is 9.97. The molecule has 5 nitrogen and oxygen atoms in total. The summed E-state index contributed by atoms with van der Waals surface area (Å²) in [6, 6.07) is 11.0. The summed E-state index contributed by atoms with van der Waals surface area (Å²) in [6.45, 7) is 0.215. The summed E-state index contributed by atoms with van der Waals surface area (Å²) in [5.74, 6) is -1.29. The summed E-state index contributed by atoms with van der Waals surface area (Å²) < 4.78 is 0.665. The number of rotatable bonds is 4. The molecule has 0 spiro atoms. The lowest BCUT2D eigenvalue weighted by molar-refractivity contribution is 0.0696. The van der Waals surface area contributed by atoms with E-state index >= 15 is 0 Å². The number of carbonyl (C=O) groups excluding carboxylic acids is 1. The van der Waals surface area contributed by atoms with Crippen molar-refractivity contribution >= 4 is 34.5 Å². The molecular weight excluding hydrogens is 385 g/mol. The molecule has 21 heavy (non-hydrogen) atoms. The van der Waals surface area contributed by atoms with Gasteiger partial charge in [0.25, 0.3) is 5.91 Å². The molecule has 108 valence electrons. The van der Waals surface area contributed by atoms with Crippen LogP contribution in [0.5, 0.6) is 5.75 Å². The fourth-order valence-corrected chi connectivity index (χ4v) is 2.09. The van der Waals surface area contributed by atoms with Gasteiger partial charge in [-0.2, -0.15) is 0 Å². The first-order valence-corrected chi connectivity index (χ1v) is 7.14. The Balaban J connectivity index is 2.05. The average Bonchev–Trinajstić information content (AvgIpc) is 2.48. The van der Waals surface area contributed by atoms with Crippen molar-refractivity contribution in [3.63, 3.8) is 0 Å². The van der Waals surface area contributed by atoms with E-state index in [0.717, 1.165) is 0 Å². The standard InChI is InChI=1S/C15H12INO4/c16-12-5-4-10(7-13(12)18)14(19)17-8-9-2-1-3-11(6-9)15(20)21/h1-7,18H,8H2,(H,17,19)(H,20,21). The van der Waals surface area contributed by atoms with Crippen LogP contribution in [-0.4, -0.2) is 22.1 Å². The molecule has 2 rings (SSSR count). The largest absolute Gasteiger partial charge is 0.507 e. The van der Waals surface area contributed by atoms with Gasteiger partial charge in [0.1, 0.15) is 5.75 Å². The molecule has 0 unspecified atom stereocenters. The molecule has 2 aromatic rings. The molecule has 1 amide bonds. The zero-order valence-corrected chi connectivity index (χ0v) is 13.0. The summed E-state index contributed by atoms with van der Waals surface area (Å²) in [7, 11) is 0. The van der Waals surface area contributed by atoms with Gasteiger partial charge in [0, 0.05) is 12.1 Å². The van der Waals surface area contributed by atoms with Gasteiger partial charge < -0.3 is 15.5 Å². The number of halogens is 1. The maximum atomic E-state index is 12.0. The number of carboxylic acids is 1. The van der Waals surface area contributed by atoms with Gasteiger partial charge >= 0.3 is 5.97 Å². The minimum absolute atomic E-state index is 0.0520. The molecule has 0 atom stereocenters. The molecule has 0 radical (unpaired) electrons. The Morgan fingerprint density at radius 3 is 2.52 bits per heavy atom. The van der Waals surface area contributed by atoms with Crippen LogP contribution in [-0.2, 0) is 6.54 Å². The topological polar surface area (TPSA) is 86.6 Å². The zero-order valence-electron chi connectivity index (χ0n) is 10.8. The lowest BCUT2D eigenvalue weighted by atomic mass is 10.1. The van der Waals surface area contributed by atoms with Gasteiger partial charge in [-0.1, -0.05) is 12.1 Å². The molecule has 0 aliphatic rings. The molecule has 3 N–H and O–H groups in total. The second kappa shape index (κ2) is 6.57. The Morgan fingerprint density at radius 2 is 1.86 bits per heavy atom. The third kappa shape index (κ3) is 3.94. The number of benzene rings is 2. The second-order valence-electron chi connectivity index (χ2n) is 4.35. The molecule has 0 saturated carbocycles. The molecule has 0 fully saturated rings. The third-order valence-electron chi connectivity index (χ3n) is 2.84. The van der Waals surface area contributed by atoms with Crippen LogP contribution in [0.4, 0.5) is 0 Å². The van der Waals surface area contributed by atoms with E-state index in [1.54, 1.807) is 24.3 Å². The highest BCUT2D eigenvalue weighted by Crippen LogP contribution is 2.20. The van der Waals surface area contributed by atoms with Gasteiger partial charge in [0.05, 0.1) is 9.13 Å². The van der Waals surface area contributed by atoms with Crippen molar-refractivity contribution in [3.05, 3.63) is 62.7 Å². The first-order valence-electron chi connectivity index (χ1n) is 6.06. The lowest BCUT2D eigenvalue weighted by Gasteiger charge is -2.07. The summed E-state index contributed by atoms with van der Waals surface area (Å²) in [6.07, 6.45) is 0. The summed E-state index contributed by atoms with van der Waals surface area (Å²) >= 11 is 1.97. The molecule has 0 aromatic heterocycles. The molecule has 0 saturated heterocycles. The minimum Gasteiger partial charge on any atom is -0.507 e. The van der Waals surface area contributed by atoms with Crippen molar-refractivity contribution < 1.29 is 19.8 Å². The fraction of sp³-hybridized carbons (Fsp3) is 0.0667. The lowest BCUT2D eigenvalue weighted by Crippen LogP contribution is -2.22. The Hall–Kier alpha value is -2.09. The van der Waals surface area contributed by atoms with Crippen LogP contribution < -0.4 is 5.32 Å². The Morgan fingerprint density at radius 1 is 1.10 bits per heavy atom. The van der Waals surface area contributed by atoms with E-state index in [1.807, 2.05) is 22.6 Å². The Kier molecular flexibility index (Phi) is 4.79. The predicted molar refractivity (Wildman–Crippen MR) is 85.4 cm³/mol. The van der Waals surface area contributed by atoms with Crippen molar-refractivity contribution in [3.8, 4) is 5.75 Å². The number of phenols is 1. The number of amides is 1. The van der Waals surface area contributed by atoms with Crippen LogP contribution in [0.3, 0.4) is 0 Å². The van der Waals surface area contributed by atoms with Crippen molar-refractivity contribution in [1.29, 1.82) is 0 Å². The number of hydrogen-bond acceptors (Lipinski definition) is 3. The fourth-order valence-electron chi connectivity index (χ4n) is 1.75. The Labute approximate surface area is 134 Å². The monoisotopic (exact) mass is 397 g/mol. The summed E-state index contributed by atoms with van der Waals surface area (Å²) in [5, 5.41) is 21.2. The van der Waals surface area contributed by atoms with Crippen LogP contribution in [0.2, 0.25) is 0 Å². The number of phenolic OH excluding ortho intramolecular Hbond substituents is 1. The SMILES string of the molecule is O=C(O)c1cccc(CNC(=O)c2ccc(I)c(O)c2)c1. The highest BCUT2D eigenvalue weighted by Gasteiger charge is 2.09. The third-order valence-corrected chi connectivity index (χ3v) is 3.75. The quantitative estimate of drug-likeness (QED) is 0.693. The van der Waals surface area contributed by atoms with Crippen molar-refractivity contribution in [1.82, 2.24) is 5.32 Å². The molecule has 0 heterocycles. The van der Waals surface area contributed by atoms with Gasteiger partial charge in [0.15, 0.2) is 0 Å². The predicted octanol–water partition coefficient (Wildman–Crippen LogP) is 2.62. The average molecular weight is 397 g/mol. The van der Waals surface area contributed by atoms with Gasteiger partial charge in [0.2, 0.25) is 0 Å². The van der Waals surface area contributed by atoms with Crippen LogP contribution in [0, 0.1) is 3.57 Å². The minimum atomic E-state index is -1.01. The van der Waals surface area contributed by atoms with Gasteiger partial charge in [-0.15, -0.1) is 0 Å². The number of carboxylic acid groups (broad SMARTS) is 1. The highest BCUT2D eigenvalue weighted by atomic mass is 127. The zero-order chi connectivity index (χ0) is 15.4. The molecular formula is C15H12INO4. The van der Waals surface area contributed by atoms with Crippen molar-refractivity contribution in [2.24, 2.45) is 0 Å². The van der Waals surface area contributed by atoms with Gasteiger partial charge in [-0.3, -0.25) is 4.79 Å². The number of nitrogens with one attached hydrogen (secondary N) is 1. The second-order valence-corrected chi connectivity index (χ2v) is 5.52. The molecule has 6 heteroatoms. The van der Waals surface area contributed by atoms with E-state index in [2.05, 4.69) is 5.32 Å². The maximum absolute atomic E-state index is 12.0. The van der Waals surface area contributed by atoms with Crippen LogP contribution in [0.1, 0.15) is 26.3 Å². The first kappa shape index (κ1) is 15.3. The van der Waals surface area contributed by atoms with Crippen LogP contribution >= 0.6 is 22.6 Å². The number of carbonyl (C=O) groups is 2. The van der Waals surface area contributed by atoms with E-state index in [4.69, 9.17) is 5.11 Å². The Bertz CT molecular complexity index is 700. The summed E-state index contributed by atoms with van der Waals surface area (Å²) in [4.78, 5) is 22.8. The smallest absolute Gasteiger partial charge is 0.335 e. The summed E-state index contributed by atoms with van der Waals surface area (Å²) in [5.41, 5.74) is 1.22. The van der Waals surface area contributed by atoms with E-state index in [0.29, 0.717) is 14.7 Å². The maximum Gasteiger partial charge on any atom is 0.335 e. The number of aromatic hydroxyl groups is 1. The molecule has 2 aromatic carbocycles. The number of aromatic carboxylic acids is 1. The van der Waals surface area contributed by atoms with Gasteiger partial charge in [-0.05, 0) is 58.5 Å². The normalized spacial score (nSPS) is 10.1. The van der Waals surface area contributed by atoms with E-state index in [-0.39, 0.29) is 23.8 Å². The van der Waals surface area contributed by atoms with E-state index in [1.165, 1.54) is 18.2 Å². The molecule has 0 bridgehead atoms. The molecule has 0 aliphatic heterocycles.